The first kappa shape index (κ1) is 19.8. The molecule has 8 nitrogen and oxygen atoms in total. The van der Waals surface area contributed by atoms with Crippen LogP contribution < -0.4 is 21.3 Å². The molecule has 0 aliphatic heterocycles. The van der Waals surface area contributed by atoms with Crippen LogP contribution in [-0.2, 0) is 0 Å². The Hall–Kier alpha value is -4.53. The van der Waals surface area contributed by atoms with E-state index in [9.17, 15) is 14.0 Å². The monoisotopic (exact) mass is 417 g/mol. The number of ether oxygens (including phenoxy) is 1. The summed E-state index contributed by atoms with van der Waals surface area (Å²) < 4.78 is 21.1. The first-order valence-electron chi connectivity index (χ1n) is 9.14. The number of hydrogen-bond acceptors (Lipinski definition) is 6. The zero-order valence-corrected chi connectivity index (χ0v) is 16.0. The van der Waals surface area contributed by atoms with Gasteiger partial charge in [-0.05, 0) is 30.3 Å². The normalized spacial score (nSPS) is 10.5. The van der Waals surface area contributed by atoms with E-state index in [1.54, 1.807) is 36.5 Å². The molecule has 4 aromatic rings. The highest BCUT2D eigenvalue weighted by atomic mass is 19.1. The van der Waals surface area contributed by atoms with Gasteiger partial charge in [-0.25, -0.2) is 14.4 Å². The minimum atomic E-state index is -0.803. The Morgan fingerprint density at radius 3 is 2.61 bits per heavy atom. The molecule has 0 bridgehead atoms. The highest BCUT2D eigenvalue weighted by Crippen LogP contribution is 2.24. The third kappa shape index (κ3) is 4.40. The van der Waals surface area contributed by atoms with Gasteiger partial charge in [-0.3, -0.25) is 14.2 Å². The van der Waals surface area contributed by atoms with Gasteiger partial charge in [0.15, 0.2) is 5.82 Å². The lowest BCUT2D eigenvalue weighted by Gasteiger charge is -2.10. The summed E-state index contributed by atoms with van der Waals surface area (Å²) in [6, 6.07) is 15.8. The maximum absolute atomic E-state index is 14.4. The van der Waals surface area contributed by atoms with Gasteiger partial charge in [-0.15, -0.1) is 0 Å². The standard InChI is InChI=1S/C22H16FN5O3/c23-18-11-14(13-26-21(18)31-16-8-9-25-19(24)12-16)27-20(29)17-7-4-10-28(22(17)30)15-5-2-1-3-6-15/h1-13H,(H2,24,25)(H,27,29). The molecule has 3 N–H and O–H groups in total. The van der Waals surface area contributed by atoms with Crippen molar-refractivity contribution >= 4 is 17.4 Å². The van der Waals surface area contributed by atoms with Crippen LogP contribution >= 0.6 is 0 Å². The number of halogens is 1. The molecule has 0 fully saturated rings. The molecule has 154 valence electrons. The second-order valence-corrected chi connectivity index (χ2v) is 6.42. The van der Waals surface area contributed by atoms with E-state index in [0.29, 0.717) is 5.69 Å². The van der Waals surface area contributed by atoms with E-state index in [4.69, 9.17) is 10.5 Å². The Labute approximate surface area is 175 Å². The minimum absolute atomic E-state index is 0.0682. The summed E-state index contributed by atoms with van der Waals surface area (Å²) in [7, 11) is 0. The number of benzene rings is 1. The van der Waals surface area contributed by atoms with E-state index in [1.807, 2.05) is 6.07 Å². The summed E-state index contributed by atoms with van der Waals surface area (Å²) >= 11 is 0. The summed E-state index contributed by atoms with van der Waals surface area (Å²) in [6.45, 7) is 0. The molecule has 31 heavy (non-hydrogen) atoms. The minimum Gasteiger partial charge on any atom is -0.436 e. The van der Waals surface area contributed by atoms with Crippen molar-refractivity contribution in [2.24, 2.45) is 0 Å². The van der Waals surface area contributed by atoms with Crippen molar-refractivity contribution in [1.82, 2.24) is 14.5 Å². The van der Waals surface area contributed by atoms with Crippen LogP contribution in [0.1, 0.15) is 10.4 Å². The molecule has 0 unspecified atom stereocenters. The molecule has 0 radical (unpaired) electrons. The van der Waals surface area contributed by atoms with Crippen molar-refractivity contribution in [1.29, 1.82) is 0 Å². The van der Waals surface area contributed by atoms with Crippen molar-refractivity contribution in [2.75, 3.05) is 11.1 Å². The van der Waals surface area contributed by atoms with Crippen LogP contribution in [0.15, 0.2) is 84.0 Å². The number of hydrogen-bond donors (Lipinski definition) is 2. The highest BCUT2D eigenvalue weighted by Gasteiger charge is 2.15. The van der Waals surface area contributed by atoms with E-state index < -0.39 is 17.3 Å². The summed E-state index contributed by atoms with van der Waals surface area (Å²) in [5.74, 6) is -1.31. The maximum Gasteiger partial charge on any atom is 0.267 e. The Bertz CT molecular complexity index is 1310. The first-order valence-corrected chi connectivity index (χ1v) is 9.14. The topological polar surface area (TPSA) is 112 Å². The van der Waals surface area contributed by atoms with Gasteiger partial charge in [0.25, 0.3) is 17.3 Å². The number of nitrogens with zero attached hydrogens (tertiary/aromatic N) is 3. The number of anilines is 2. The van der Waals surface area contributed by atoms with Gasteiger partial charge in [0, 0.05) is 30.2 Å². The van der Waals surface area contributed by atoms with Gasteiger partial charge in [0.05, 0.1) is 11.9 Å². The Morgan fingerprint density at radius 2 is 1.87 bits per heavy atom. The van der Waals surface area contributed by atoms with Crippen LogP contribution in [0.3, 0.4) is 0 Å². The molecule has 0 aliphatic rings. The quantitative estimate of drug-likeness (QED) is 0.515. The number of amides is 1. The van der Waals surface area contributed by atoms with Crippen LogP contribution in [0, 0.1) is 5.82 Å². The van der Waals surface area contributed by atoms with Gasteiger partial charge in [0.1, 0.15) is 17.1 Å². The number of nitrogens with two attached hydrogens (primary N) is 1. The molecule has 0 spiro atoms. The third-order valence-corrected chi connectivity index (χ3v) is 4.26. The molecule has 0 saturated heterocycles. The predicted octanol–water partition coefficient (Wildman–Crippen LogP) is 3.39. The lowest BCUT2D eigenvalue weighted by Crippen LogP contribution is -2.27. The van der Waals surface area contributed by atoms with Gasteiger partial charge in [-0.1, -0.05) is 18.2 Å². The number of pyridine rings is 3. The molecule has 3 aromatic heterocycles. The highest BCUT2D eigenvalue weighted by molar-refractivity contribution is 6.03. The molecular weight excluding hydrogens is 401 g/mol. The fourth-order valence-corrected chi connectivity index (χ4v) is 2.83. The van der Waals surface area contributed by atoms with Crippen LogP contribution in [-0.4, -0.2) is 20.4 Å². The Balaban J connectivity index is 1.54. The number of para-hydroxylation sites is 1. The second kappa shape index (κ2) is 8.46. The van der Waals surface area contributed by atoms with Crippen molar-refractivity contribution in [3.05, 3.63) is 101 Å². The molecular formula is C22H16FN5O3. The average molecular weight is 417 g/mol. The number of rotatable bonds is 5. The second-order valence-electron chi connectivity index (χ2n) is 6.42. The Kier molecular flexibility index (Phi) is 5.39. The number of aromatic nitrogens is 3. The zero-order valence-electron chi connectivity index (χ0n) is 16.0. The van der Waals surface area contributed by atoms with Crippen molar-refractivity contribution in [3.63, 3.8) is 0 Å². The van der Waals surface area contributed by atoms with Crippen LogP contribution in [0.25, 0.3) is 5.69 Å². The van der Waals surface area contributed by atoms with Crippen LogP contribution in [0.4, 0.5) is 15.9 Å². The fourth-order valence-electron chi connectivity index (χ4n) is 2.83. The molecule has 1 amide bonds. The number of carbonyl (C=O) groups is 1. The van der Waals surface area contributed by atoms with E-state index in [1.165, 1.54) is 35.2 Å². The largest absolute Gasteiger partial charge is 0.436 e. The molecule has 1 aromatic carbocycles. The summed E-state index contributed by atoms with van der Waals surface area (Å²) in [6.07, 6.45) is 4.20. The van der Waals surface area contributed by atoms with Crippen molar-refractivity contribution in [3.8, 4) is 17.3 Å². The number of nitrogen functional groups attached to an aromatic ring is 1. The van der Waals surface area contributed by atoms with Gasteiger partial charge >= 0.3 is 0 Å². The zero-order chi connectivity index (χ0) is 21.8. The Morgan fingerprint density at radius 1 is 1.06 bits per heavy atom. The van der Waals surface area contributed by atoms with Crippen molar-refractivity contribution in [2.45, 2.75) is 0 Å². The SMILES string of the molecule is Nc1cc(Oc2ncc(NC(=O)c3cccn(-c4ccccc4)c3=O)cc2F)ccn1. The van der Waals surface area contributed by atoms with E-state index >= 15 is 0 Å². The summed E-state index contributed by atoms with van der Waals surface area (Å²) in [5, 5.41) is 2.48. The van der Waals surface area contributed by atoms with E-state index in [-0.39, 0.29) is 28.7 Å². The number of carbonyl (C=O) groups excluding carboxylic acids is 1. The van der Waals surface area contributed by atoms with Gasteiger partial charge < -0.3 is 15.8 Å². The molecule has 9 heteroatoms. The smallest absolute Gasteiger partial charge is 0.267 e. The molecule has 0 saturated carbocycles. The van der Waals surface area contributed by atoms with Crippen molar-refractivity contribution < 1.29 is 13.9 Å². The van der Waals surface area contributed by atoms with Crippen LogP contribution in [0.5, 0.6) is 11.6 Å². The average Bonchev–Trinajstić information content (AvgIpc) is 2.76. The predicted molar refractivity (Wildman–Crippen MR) is 113 cm³/mol. The first-order chi connectivity index (χ1) is 15.0. The molecule has 4 rings (SSSR count). The molecule has 3 heterocycles. The van der Waals surface area contributed by atoms with E-state index in [0.717, 1.165) is 6.07 Å². The fraction of sp³-hybridized carbons (Fsp3) is 0. The lowest BCUT2D eigenvalue weighted by atomic mass is 10.2. The van der Waals surface area contributed by atoms with E-state index in [2.05, 4.69) is 15.3 Å². The third-order valence-electron chi connectivity index (χ3n) is 4.26. The molecule has 0 aliphatic carbocycles. The van der Waals surface area contributed by atoms with Crippen LogP contribution in [0.2, 0.25) is 0 Å². The summed E-state index contributed by atoms with van der Waals surface area (Å²) in [4.78, 5) is 33.0. The van der Waals surface area contributed by atoms with Gasteiger partial charge in [-0.2, -0.15) is 0 Å². The maximum atomic E-state index is 14.4. The van der Waals surface area contributed by atoms with Gasteiger partial charge in [0.2, 0.25) is 0 Å². The lowest BCUT2D eigenvalue weighted by molar-refractivity contribution is 0.102. The molecule has 0 atom stereocenters. The summed E-state index contributed by atoms with van der Waals surface area (Å²) in [5.41, 5.74) is 5.65. The number of nitrogens with one attached hydrogen (secondary N) is 1.